The van der Waals surface area contributed by atoms with Crippen molar-refractivity contribution in [3.8, 4) is 5.75 Å². The first-order valence-corrected chi connectivity index (χ1v) is 15.1. The van der Waals surface area contributed by atoms with Gasteiger partial charge in [-0.15, -0.1) is 5.10 Å². The molecule has 226 valence electrons. The van der Waals surface area contributed by atoms with Crippen LogP contribution in [-0.2, 0) is 32.0 Å². The molecular formula is C28H36N5O8P. The summed E-state index contributed by atoms with van der Waals surface area (Å²) in [6, 6.07) is 14.7. The fourth-order valence-electron chi connectivity index (χ4n) is 4.59. The van der Waals surface area contributed by atoms with Gasteiger partial charge in [0.25, 0.3) is 0 Å². The molecule has 0 bridgehead atoms. The van der Waals surface area contributed by atoms with Crippen LogP contribution in [0.2, 0.25) is 0 Å². The summed E-state index contributed by atoms with van der Waals surface area (Å²) in [5.74, 6) is -1.23. The van der Waals surface area contributed by atoms with Crippen LogP contribution in [0, 0.1) is 0 Å². The summed E-state index contributed by atoms with van der Waals surface area (Å²) in [6.07, 6.45) is 1.36. The third kappa shape index (κ3) is 8.16. The quantitative estimate of drug-likeness (QED) is 0.230. The lowest BCUT2D eigenvalue weighted by Crippen LogP contribution is -2.43. The largest absolute Gasteiger partial charge is 0.487 e. The summed E-state index contributed by atoms with van der Waals surface area (Å²) < 4.78 is 30.0. The molecule has 3 atom stereocenters. The van der Waals surface area contributed by atoms with E-state index in [1.54, 1.807) is 55.9 Å². The lowest BCUT2D eigenvalue weighted by molar-refractivity contribution is -0.145. The fraction of sp³-hybridized carbons (Fsp3) is 0.429. The highest BCUT2D eigenvalue weighted by molar-refractivity contribution is 7.52. The van der Waals surface area contributed by atoms with E-state index < -0.39 is 37.1 Å². The van der Waals surface area contributed by atoms with Gasteiger partial charge in [0, 0.05) is 19.5 Å². The number of ether oxygens (including phenoxy) is 3. The van der Waals surface area contributed by atoms with Crippen molar-refractivity contribution in [2.45, 2.75) is 63.8 Å². The summed E-state index contributed by atoms with van der Waals surface area (Å²) in [5, 5.41) is 11.3. The maximum absolute atomic E-state index is 12.7. The Bertz CT molecular complexity index is 1400. The molecule has 13 nitrogen and oxygen atoms in total. The number of hydrogen-bond donors (Lipinski definition) is 3. The van der Waals surface area contributed by atoms with E-state index in [0.29, 0.717) is 23.6 Å². The monoisotopic (exact) mass is 601 g/mol. The first-order valence-electron chi connectivity index (χ1n) is 13.4. The van der Waals surface area contributed by atoms with Crippen LogP contribution in [0.1, 0.15) is 55.8 Å². The van der Waals surface area contributed by atoms with Gasteiger partial charge in [-0.3, -0.25) is 14.8 Å². The van der Waals surface area contributed by atoms with Crippen LogP contribution in [0.25, 0.3) is 0 Å². The van der Waals surface area contributed by atoms with Crippen LogP contribution in [0.15, 0.2) is 60.8 Å². The Morgan fingerprint density at radius 1 is 1.12 bits per heavy atom. The number of likely N-dealkylation sites (tertiary alicyclic amines) is 1. The second-order valence-corrected chi connectivity index (χ2v) is 12.7. The van der Waals surface area contributed by atoms with Gasteiger partial charge in [0.1, 0.15) is 35.5 Å². The third-order valence-corrected chi connectivity index (χ3v) is 7.73. The van der Waals surface area contributed by atoms with E-state index in [1.165, 1.54) is 12.0 Å². The Morgan fingerprint density at radius 3 is 2.43 bits per heavy atom. The van der Waals surface area contributed by atoms with Crippen molar-refractivity contribution < 1.29 is 38.2 Å². The second-order valence-electron chi connectivity index (χ2n) is 11.0. The Balaban J connectivity index is 1.37. The zero-order valence-electron chi connectivity index (χ0n) is 23.9. The summed E-state index contributed by atoms with van der Waals surface area (Å²) in [6.45, 7) is 5.82. The van der Waals surface area contributed by atoms with Gasteiger partial charge in [0.05, 0.1) is 19.3 Å². The number of nitrogens with zero attached hydrogens (tertiary/aromatic N) is 4. The van der Waals surface area contributed by atoms with E-state index in [1.807, 2.05) is 30.3 Å². The topological polar surface area (TPSA) is 165 Å². The summed E-state index contributed by atoms with van der Waals surface area (Å²) in [4.78, 5) is 46.3. The standard InChI is InChI=1S/C28H36N5O8P/c1-28(2,3)41-27(35)32-17-22(14-24(32)26(34)39-4)33-16-21(30-31-33)18-40-23-12-10-20(11-13-23)25(42(36,37)38)29-15-19-8-6-5-7-9-19/h5-13,16,22,24-25,29H,14-15,17-18H2,1-4H3,(H2,36,37,38). The molecule has 14 heteroatoms. The van der Waals surface area contributed by atoms with Gasteiger partial charge < -0.3 is 24.0 Å². The number of hydrogen-bond acceptors (Lipinski definition) is 9. The number of nitrogens with one attached hydrogen (secondary N) is 1. The smallest absolute Gasteiger partial charge is 0.411 e. The van der Waals surface area contributed by atoms with Gasteiger partial charge in [0.2, 0.25) is 0 Å². The van der Waals surface area contributed by atoms with Crippen molar-refractivity contribution in [3.05, 3.63) is 77.6 Å². The molecule has 0 spiro atoms. The highest BCUT2D eigenvalue weighted by atomic mass is 31.2. The average molecular weight is 602 g/mol. The Kier molecular flexibility index (Phi) is 9.67. The number of amides is 1. The SMILES string of the molecule is COC(=O)C1CC(n2cc(COc3ccc(C(NCc4ccccc4)P(=O)(O)O)cc3)nn2)CN1C(=O)OC(C)(C)C. The number of methoxy groups -OCH3 is 1. The van der Waals surface area contributed by atoms with Crippen LogP contribution in [0.3, 0.4) is 0 Å². The summed E-state index contributed by atoms with van der Waals surface area (Å²) in [7, 11) is -3.22. The maximum atomic E-state index is 12.7. The predicted molar refractivity (Wildman–Crippen MR) is 151 cm³/mol. The minimum Gasteiger partial charge on any atom is -0.487 e. The minimum atomic E-state index is -4.49. The van der Waals surface area contributed by atoms with Gasteiger partial charge in [-0.1, -0.05) is 47.7 Å². The predicted octanol–water partition coefficient (Wildman–Crippen LogP) is 3.55. The van der Waals surface area contributed by atoms with E-state index >= 15 is 0 Å². The molecule has 1 aliphatic heterocycles. The molecule has 0 radical (unpaired) electrons. The van der Waals surface area contributed by atoms with E-state index in [4.69, 9.17) is 14.2 Å². The Labute approximate surface area is 243 Å². The Hall–Kier alpha value is -3.77. The van der Waals surface area contributed by atoms with Crippen molar-refractivity contribution in [3.63, 3.8) is 0 Å². The van der Waals surface area contributed by atoms with Crippen molar-refractivity contribution in [1.29, 1.82) is 0 Å². The van der Waals surface area contributed by atoms with Crippen LogP contribution in [0.5, 0.6) is 5.75 Å². The lowest BCUT2D eigenvalue weighted by atomic mass is 10.2. The van der Waals surface area contributed by atoms with Gasteiger partial charge in [-0.05, 0) is 44.0 Å². The number of carbonyl (C=O) groups excluding carboxylic acids is 2. The molecule has 42 heavy (non-hydrogen) atoms. The highest BCUT2D eigenvalue weighted by Gasteiger charge is 2.43. The van der Waals surface area contributed by atoms with Crippen LogP contribution in [-0.4, -0.2) is 67.0 Å². The molecule has 3 N–H and O–H groups in total. The van der Waals surface area contributed by atoms with Crippen LogP contribution in [0.4, 0.5) is 4.79 Å². The number of esters is 1. The van der Waals surface area contributed by atoms with Gasteiger partial charge in [-0.25, -0.2) is 14.3 Å². The molecule has 2 aromatic carbocycles. The van der Waals surface area contributed by atoms with E-state index in [0.717, 1.165) is 5.56 Å². The molecule has 3 aromatic rings. The molecule has 0 saturated carbocycles. The molecule has 4 rings (SSSR count). The van der Waals surface area contributed by atoms with E-state index in [9.17, 15) is 23.9 Å². The van der Waals surface area contributed by atoms with Crippen LogP contribution < -0.4 is 10.1 Å². The summed E-state index contributed by atoms with van der Waals surface area (Å²) >= 11 is 0. The minimum absolute atomic E-state index is 0.0798. The van der Waals surface area contributed by atoms with Crippen LogP contribution >= 0.6 is 7.60 Å². The van der Waals surface area contributed by atoms with Gasteiger partial charge in [0.15, 0.2) is 0 Å². The number of carbonyl (C=O) groups is 2. The number of benzene rings is 2. The Morgan fingerprint density at radius 2 is 1.81 bits per heavy atom. The summed E-state index contributed by atoms with van der Waals surface area (Å²) in [5.41, 5.74) is 1.12. The van der Waals surface area contributed by atoms with E-state index in [2.05, 4.69) is 15.6 Å². The van der Waals surface area contributed by atoms with Crippen molar-refractivity contribution in [2.75, 3.05) is 13.7 Å². The molecule has 1 aliphatic rings. The molecular weight excluding hydrogens is 565 g/mol. The first kappa shape index (κ1) is 31.2. The zero-order chi connectivity index (χ0) is 30.5. The average Bonchev–Trinajstić information content (AvgIpc) is 3.59. The first-order chi connectivity index (χ1) is 19.8. The van der Waals surface area contributed by atoms with Crippen molar-refractivity contribution >= 4 is 19.7 Å². The molecule has 2 heterocycles. The fourth-order valence-corrected chi connectivity index (χ4v) is 5.48. The molecule has 0 aliphatic carbocycles. The van der Waals surface area contributed by atoms with Gasteiger partial charge >= 0.3 is 19.7 Å². The lowest BCUT2D eigenvalue weighted by Gasteiger charge is -2.27. The molecule has 1 saturated heterocycles. The third-order valence-electron chi connectivity index (χ3n) is 6.57. The van der Waals surface area contributed by atoms with Gasteiger partial charge in [-0.2, -0.15) is 0 Å². The van der Waals surface area contributed by atoms with Crippen molar-refractivity contribution in [2.24, 2.45) is 0 Å². The number of aromatic nitrogens is 3. The van der Waals surface area contributed by atoms with Crippen molar-refractivity contribution in [1.82, 2.24) is 25.2 Å². The highest BCUT2D eigenvalue weighted by Crippen LogP contribution is 2.50. The zero-order valence-corrected chi connectivity index (χ0v) is 24.8. The molecule has 1 aromatic heterocycles. The molecule has 1 fully saturated rings. The van der Waals surface area contributed by atoms with E-state index in [-0.39, 0.29) is 25.6 Å². The second kappa shape index (κ2) is 13.0. The number of rotatable bonds is 10. The molecule has 1 amide bonds. The maximum Gasteiger partial charge on any atom is 0.411 e. The normalized spacial score (nSPS) is 18.0. The molecule has 3 unspecified atom stereocenters.